The van der Waals surface area contributed by atoms with Gasteiger partial charge in [0.2, 0.25) is 0 Å². The summed E-state index contributed by atoms with van der Waals surface area (Å²) < 4.78 is 10.1. The SMILES string of the molecule is COCCOCCNC(=O)c1sc(NCC(C)C)nc1N. The van der Waals surface area contributed by atoms with E-state index in [-0.39, 0.29) is 11.7 Å². The first-order valence-electron chi connectivity index (χ1n) is 6.89. The van der Waals surface area contributed by atoms with E-state index in [0.29, 0.717) is 42.3 Å². The Hall–Kier alpha value is -1.38. The van der Waals surface area contributed by atoms with Crippen LogP contribution in [0.5, 0.6) is 0 Å². The molecule has 0 atom stereocenters. The van der Waals surface area contributed by atoms with Crippen molar-refractivity contribution < 1.29 is 14.3 Å². The van der Waals surface area contributed by atoms with Crippen LogP contribution in [0.1, 0.15) is 23.5 Å². The number of nitrogens with one attached hydrogen (secondary N) is 2. The number of nitrogen functional groups attached to an aromatic ring is 1. The Morgan fingerprint density at radius 3 is 2.81 bits per heavy atom. The molecule has 0 fully saturated rings. The average molecular weight is 316 g/mol. The van der Waals surface area contributed by atoms with Crippen molar-refractivity contribution in [1.82, 2.24) is 10.3 Å². The lowest BCUT2D eigenvalue weighted by Crippen LogP contribution is -2.27. The van der Waals surface area contributed by atoms with Crippen LogP contribution in [0.3, 0.4) is 0 Å². The molecule has 0 saturated carbocycles. The van der Waals surface area contributed by atoms with Crippen molar-refractivity contribution in [2.24, 2.45) is 5.92 Å². The monoisotopic (exact) mass is 316 g/mol. The maximum atomic E-state index is 12.0. The first-order valence-corrected chi connectivity index (χ1v) is 7.71. The fourth-order valence-corrected chi connectivity index (χ4v) is 2.23. The quantitative estimate of drug-likeness (QED) is 0.561. The smallest absolute Gasteiger partial charge is 0.265 e. The molecule has 0 saturated heterocycles. The Morgan fingerprint density at radius 1 is 1.38 bits per heavy atom. The fraction of sp³-hybridized carbons (Fsp3) is 0.692. The number of ether oxygens (including phenoxy) is 2. The number of thiazole rings is 1. The van der Waals surface area contributed by atoms with Gasteiger partial charge in [-0.25, -0.2) is 4.98 Å². The van der Waals surface area contributed by atoms with Crippen LogP contribution in [0.15, 0.2) is 0 Å². The van der Waals surface area contributed by atoms with Crippen LogP contribution in [-0.2, 0) is 9.47 Å². The Morgan fingerprint density at radius 2 is 2.14 bits per heavy atom. The molecule has 21 heavy (non-hydrogen) atoms. The van der Waals surface area contributed by atoms with E-state index < -0.39 is 0 Å². The number of aromatic nitrogens is 1. The number of anilines is 2. The maximum Gasteiger partial charge on any atom is 0.265 e. The number of nitrogens with two attached hydrogens (primary N) is 1. The molecule has 7 nitrogen and oxygen atoms in total. The minimum Gasteiger partial charge on any atom is -0.382 e. The largest absolute Gasteiger partial charge is 0.382 e. The van der Waals surface area contributed by atoms with E-state index in [1.165, 1.54) is 11.3 Å². The number of hydrogen-bond acceptors (Lipinski definition) is 7. The van der Waals surface area contributed by atoms with Crippen molar-refractivity contribution in [2.45, 2.75) is 13.8 Å². The molecule has 0 aliphatic heterocycles. The van der Waals surface area contributed by atoms with Gasteiger partial charge in [-0.15, -0.1) is 0 Å². The lowest BCUT2D eigenvalue weighted by molar-refractivity contribution is 0.0693. The third-order valence-corrected chi connectivity index (χ3v) is 3.51. The second kappa shape index (κ2) is 9.54. The summed E-state index contributed by atoms with van der Waals surface area (Å²) >= 11 is 1.26. The second-order valence-electron chi connectivity index (χ2n) is 4.87. The van der Waals surface area contributed by atoms with Crippen molar-refractivity contribution in [3.05, 3.63) is 4.88 Å². The normalized spacial score (nSPS) is 10.9. The predicted molar refractivity (Wildman–Crippen MR) is 84.9 cm³/mol. The molecule has 8 heteroatoms. The molecule has 0 aliphatic rings. The van der Waals surface area contributed by atoms with E-state index >= 15 is 0 Å². The standard InChI is InChI=1S/C13H24N4O3S/c1-9(2)8-16-13-17-11(14)10(21-13)12(18)15-4-5-20-7-6-19-3/h9H,4-8,14H2,1-3H3,(H,15,18)(H,16,17). The Kier molecular flexibility index (Phi) is 8.03. The molecule has 1 heterocycles. The highest BCUT2D eigenvalue weighted by atomic mass is 32.1. The maximum absolute atomic E-state index is 12.0. The van der Waals surface area contributed by atoms with Gasteiger partial charge in [0.15, 0.2) is 5.13 Å². The number of nitrogens with zero attached hydrogens (tertiary/aromatic N) is 1. The molecular formula is C13H24N4O3S. The first-order chi connectivity index (χ1) is 10.0. The molecule has 0 unspecified atom stereocenters. The molecule has 120 valence electrons. The number of methoxy groups -OCH3 is 1. The number of carbonyl (C=O) groups excluding carboxylic acids is 1. The van der Waals surface area contributed by atoms with E-state index in [4.69, 9.17) is 15.2 Å². The van der Waals surface area contributed by atoms with Crippen molar-refractivity contribution in [2.75, 3.05) is 51.1 Å². The topological polar surface area (TPSA) is 98.5 Å². The van der Waals surface area contributed by atoms with Crippen LogP contribution in [-0.4, -0.2) is 50.9 Å². The van der Waals surface area contributed by atoms with E-state index in [1.54, 1.807) is 7.11 Å². The van der Waals surface area contributed by atoms with E-state index in [2.05, 4.69) is 29.5 Å². The van der Waals surface area contributed by atoms with Crippen LogP contribution < -0.4 is 16.4 Å². The van der Waals surface area contributed by atoms with Crippen LogP contribution in [0.2, 0.25) is 0 Å². The summed E-state index contributed by atoms with van der Waals surface area (Å²) in [6.45, 7) is 6.91. The summed E-state index contributed by atoms with van der Waals surface area (Å²) in [7, 11) is 1.61. The summed E-state index contributed by atoms with van der Waals surface area (Å²) in [5.74, 6) is 0.527. The molecule has 0 bridgehead atoms. The van der Waals surface area contributed by atoms with E-state index in [1.807, 2.05) is 0 Å². The molecular weight excluding hydrogens is 292 g/mol. The lowest BCUT2D eigenvalue weighted by atomic mass is 10.2. The van der Waals surface area contributed by atoms with Gasteiger partial charge in [0.05, 0.1) is 19.8 Å². The Bertz CT molecular complexity index is 437. The lowest BCUT2D eigenvalue weighted by Gasteiger charge is -2.05. The van der Waals surface area contributed by atoms with Gasteiger partial charge in [0, 0.05) is 20.2 Å². The predicted octanol–water partition coefficient (Wildman–Crippen LogP) is 1.19. The number of rotatable bonds is 10. The Labute approximate surface area is 129 Å². The average Bonchev–Trinajstić information content (AvgIpc) is 2.81. The molecule has 1 aromatic heterocycles. The van der Waals surface area contributed by atoms with Crippen LogP contribution >= 0.6 is 11.3 Å². The fourth-order valence-electron chi connectivity index (χ4n) is 1.42. The minimum absolute atomic E-state index is 0.224. The van der Waals surface area contributed by atoms with Crippen molar-refractivity contribution in [3.8, 4) is 0 Å². The first kappa shape index (κ1) is 17.7. The van der Waals surface area contributed by atoms with Crippen molar-refractivity contribution in [1.29, 1.82) is 0 Å². The molecule has 0 spiro atoms. The van der Waals surface area contributed by atoms with Gasteiger partial charge in [-0.05, 0) is 5.92 Å². The van der Waals surface area contributed by atoms with E-state index in [9.17, 15) is 4.79 Å². The van der Waals surface area contributed by atoms with Gasteiger partial charge in [-0.2, -0.15) is 0 Å². The van der Waals surface area contributed by atoms with Crippen molar-refractivity contribution in [3.63, 3.8) is 0 Å². The van der Waals surface area contributed by atoms with Gasteiger partial charge in [-0.3, -0.25) is 4.79 Å². The zero-order chi connectivity index (χ0) is 15.7. The summed E-state index contributed by atoms with van der Waals surface area (Å²) in [6, 6.07) is 0. The zero-order valence-electron chi connectivity index (χ0n) is 12.8. The Balaban J connectivity index is 2.36. The van der Waals surface area contributed by atoms with Crippen molar-refractivity contribution >= 4 is 28.2 Å². The molecule has 0 radical (unpaired) electrons. The highest BCUT2D eigenvalue weighted by Crippen LogP contribution is 2.24. The van der Waals surface area contributed by atoms with Crippen LogP contribution in [0.4, 0.5) is 10.9 Å². The minimum atomic E-state index is -0.224. The third kappa shape index (κ3) is 6.74. The molecule has 1 amide bonds. The molecule has 1 rings (SSSR count). The van der Waals surface area contributed by atoms with Gasteiger partial charge >= 0.3 is 0 Å². The molecule has 0 aliphatic carbocycles. The highest BCUT2D eigenvalue weighted by molar-refractivity contribution is 7.18. The third-order valence-electron chi connectivity index (χ3n) is 2.48. The number of carbonyl (C=O) groups is 1. The van der Waals surface area contributed by atoms with Gasteiger partial charge in [0.1, 0.15) is 10.7 Å². The second-order valence-corrected chi connectivity index (χ2v) is 5.87. The van der Waals surface area contributed by atoms with Gasteiger partial charge in [-0.1, -0.05) is 25.2 Å². The van der Waals surface area contributed by atoms with Crippen LogP contribution in [0.25, 0.3) is 0 Å². The summed E-state index contributed by atoms with van der Waals surface area (Å²) in [5, 5.41) is 6.58. The van der Waals surface area contributed by atoms with Crippen LogP contribution in [0, 0.1) is 5.92 Å². The molecule has 1 aromatic rings. The number of amides is 1. The zero-order valence-corrected chi connectivity index (χ0v) is 13.6. The summed E-state index contributed by atoms with van der Waals surface area (Å²) in [5.41, 5.74) is 5.77. The summed E-state index contributed by atoms with van der Waals surface area (Å²) in [6.07, 6.45) is 0. The van der Waals surface area contributed by atoms with E-state index in [0.717, 1.165) is 6.54 Å². The van der Waals surface area contributed by atoms with Gasteiger partial charge < -0.3 is 25.8 Å². The highest BCUT2D eigenvalue weighted by Gasteiger charge is 2.15. The molecule has 0 aromatic carbocycles. The van der Waals surface area contributed by atoms with Gasteiger partial charge in [0.25, 0.3) is 5.91 Å². The molecule has 4 N–H and O–H groups in total. The summed E-state index contributed by atoms with van der Waals surface area (Å²) in [4.78, 5) is 16.6. The number of hydrogen-bond donors (Lipinski definition) is 3.